The number of hydrogen-bond donors (Lipinski definition) is 3. The molecule has 0 aliphatic rings. The normalized spacial score (nSPS) is 10.1. The Labute approximate surface area is 159 Å². The molecule has 140 valence electrons. The molecule has 0 fully saturated rings. The van der Waals surface area contributed by atoms with Gasteiger partial charge in [0.1, 0.15) is 16.9 Å². The van der Waals surface area contributed by atoms with E-state index in [-0.39, 0.29) is 22.8 Å². The predicted octanol–water partition coefficient (Wildman–Crippen LogP) is 4.26. The van der Waals surface area contributed by atoms with E-state index in [9.17, 15) is 14.7 Å². The Morgan fingerprint density at radius 2 is 1.39 bits per heavy atom. The minimum atomic E-state index is -1.11. The van der Waals surface area contributed by atoms with Gasteiger partial charge in [-0.1, -0.05) is 54.6 Å². The lowest BCUT2D eigenvalue weighted by atomic mass is 10.1. The second-order valence-electron chi connectivity index (χ2n) is 5.79. The summed E-state index contributed by atoms with van der Waals surface area (Å²) in [6, 6.07) is 21.8. The van der Waals surface area contributed by atoms with Gasteiger partial charge < -0.3 is 19.7 Å². The zero-order chi connectivity index (χ0) is 20.1. The van der Waals surface area contributed by atoms with E-state index in [1.165, 1.54) is 12.1 Å². The summed E-state index contributed by atoms with van der Waals surface area (Å²) < 4.78 is 5.61. The Hall–Kier alpha value is -4.06. The standard InChI is InChI=1S/C15H10O3.C7H6O3/c16-13-11-8-4-5-9-12(11)18-15(14(13)17)10-6-2-1-3-7-10;8-6-4-2-1-3-5(6)7(9)10/h1-9,17H;1-4,8H,(H,9,10). The Balaban J connectivity index is 0.000000192. The highest BCUT2D eigenvalue weighted by molar-refractivity contribution is 5.90. The molecule has 28 heavy (non-hydrogen) atoms. The molecule has 0 atom stereocenters. The summed E-state index contributed by atoms with van der Waals surface area (Å²) in [6.07, 6.45) is 0. The number of rotatable bonds is 2. The van der Waals surface area contributed by atoms with Crippen LogP contribution in [0.1, 0.15) is 10.4 Å². The molecule has 0 bridgehead atoms. The molecule has 0 amide bonds. The van der Waals surface area contributed by atoms with Crippen LogP contribution in [0.25, 0.3) is 22.3 Å². The second-order valence-corrected chi connectivity index (χ2v) is 5.79. The van der Waals surface area contributed by atoms with E-state index >= 15 is 0 Å². The van der Waals surface area contributed by atoms with E-state index in [2.05, 4.69) is 0 Å². The third-order valence-corrected chi connectivity index (χ3v) is 3.94. The first-order chi connectivity index (χ1) is 13.5. The number of hydrogen-bond acceptors (Lipinski definition) is 5. The zero-order valence-electron chi connectivity index (χ0n) is 14.6. The third-order valence-electron chi connectivity index (χ3n) is 3.94. The van der Waals surface area contributed by atoms with E-state index < -0.39 is 11.4 Å². The number of carboxylic acid groups (broad SMARTS) is 1. The van der Waals surface area contributed by atoms with Crippen LogP contribution in [-0.4, -0.2) is 21.3 Å². The largest absolute Gasteiger partial charge is 0.507 e. The molecule has 3 N–H and O–H groups in total. The van der Waals surface area contributed by atoms with Gasteiger partial charge in [0.25, 0.3) is 0 Å². The van der Waals surface area contributed by atoms with Gasteiger partial charge in [0.2, 0.25) is 11.2 Å². The summed E-state index contributed by atoms with van der Waals surface area (Å²) in [4.78, 5) is 22.3. The van der Waals surface area contributed by atoms with Gasteiger partial charge in [-0.2, -0.15) is 0 Å². The number of carboxylic acids is 1. The lowest BCUT2D eigenvalue weighted by molar-refractivity contribution is 0.0693. The van der Waals surface area contributed by atoms with Gasteiger partial charge >= 0.3 is 5.97 Å². The molecule has 0 saturated carbocycles. The van der Waals surface area contributed by atoms with Crippen molar-refractivity contribution in [2.45, 2.75) is 0 Å². The molecule has 3 aromatic carbocycles. The maximum absolute atomic E-state index is 12.0. The first-order valence-corrected chi connectivity index (χ1v) is 8.30. The first kappa shape index (κ1) is 18.7. The van der Waals surface area contributed by atoms with E-state index in [0.29, 0.717) is 16.5 Å². The Morgan fingerprint density at radius 3 is 2.04 bits per heavy atom. The van der Waals surface area contributed by atoms with Crippen LogP contribution in [0.3, 0.4) is 0 Å². The van der Waals surface area contributed by atoms with E-state index in [1.807, 2.05) is 18.2 Å². The highest BCUT2D eigenvalue weighted by Crippen LogP contribution is 2.29. The van der Waals surface area contributed by atoms with Crippen LogP contribution >= 0.6 is 0 Å². The van der Waals surface area contributed by atoms with Crippen LogP contribution in [0.5, 0.6) is 11.5 Å². The Kier molecular flexibility index (Phi) is 5.41. The number of fused-ring (bicyclic) bond motifs is 1. The van der Waals surface area contributed by atoms with Crippen LogP contribution in [0.4, 0.5) is 0 Å². The molecule has 4 aromatic rings. The molecular formula is C22H16O6. The van der Waals surface area contributed by atoms with Crippen molar-refractivity contribution < 1.29 is 24.5 Å². The van der Waals surface area contributed by atoms with Gasteiger partial charge in [-0.05, 0) is 24.3 Å². The Bertz CT molecular complexity index is 1180. The minimum absolute atomic E-state index is 0.0671. The molecule has 0 spiro atoms. The minimum Gasteiger partial charge on any atom is -0.507 e. The molecule has 1 aromatic heterocycles. The maximum atomic E-state index is 12.0. The fourth-order valence-corrected chi connectivity index (χ4v) is 2.57. The van der Waals surface area contributed by atoms with Gasteiger partial charge in [0, 0.05) is 5.56 Å². The van der Waals surface area contributed by atoms with Crippen LogP contribution in [0, 0.1) is 0 Å². The van der Waals surface area contributed by atoms with Crippen molar-refractivity contribution in [2.75, 3.05) is 0 Å². The quantitative estimate of drug-likeness (QED) is 0.482. The Morgan fingerprint density at radius 1 is 0.786 bits per heavy atom. The number of benzene rings is 3. The highest BCUT2D eigenvalue weighted by atomic mass is 16.4. The number of phenols is 1. The second kappa shape index (κ2) is 8.09. The molecule has 6 heteroatoms. The third kappa shape index (κ3) is 3.86. The van der Waals surface area contributed by atoms with Crippen LogP contribution in [-0.2, 0) is 0 Å². The monoisotopic (exact) mass is 376 g/mol. The first-order valence-electron chi connectivity index (χ1n) is 8.30. The SMILES string of the molecule is O=C(O)c1ccccc1O.O=c1c(O)c(-c2ccccc2)oc2ccccc12. The molecule has 4 rings (SSSR count). The van der Waals surface area contributed by atoms with Crippen molar-refractivity contribution in [3.8, 4) is 22.8 Å². The molecule has 0 saturated heterocycles. The number of para-hydroxylation sites is 2. The van der Waals surface area contributed by atoms with Crippen molar-refractivity contribution in [1.82, 2.24) is 0 Å². The summed E-state index contributed by atoms with van der Waals surface area (Å²) in [5, 5.41) is 27.6. The summed E-state index contributed by atoms with van der Waals surface area (Å²) in [5.74, 6) is -1.45. The summed E-state index contributed by atoms with van der Waals surface area (Å²) in [7, 11) is 0. The summed E-state index contributed by atoms with van der Waals surface area (Å²) >= 11 is 0. The lowest BCUT2D eigenvalue weighted by Crippen LogP contribution is -2.02. The lowest BCUT2D eigenvalue weighted by Gasteiger charge is -2.05. The van der Waals surface area contributed by atoms with Crippen LogP contribution < -0.4 is 5.43 Å². The molecular weight excluding hydrogens is 360 g/mol. The van der Waals surface area contributed by atoms with Gasteiger partial charge in [0.05, 0.1) is 5.39 Å². The van der Waals surface area contributed by atoms with E-state index in [0.717, 1.165) is 0 Å². The van der Waals surface area contributed by atoms with Crippen LogP contribution in [0.15, 0.2) is 88.1 Å². The van der Waals surface area contributed by atoms with Crippen molar-refractivity contribution in [3.63, 3.8) is 0 Å². The van der Waals surface area contributed by atoms with Crippen LogP contribution in [0.2, 0.25) is 0 Å². The van der Waals surface area contributed by atoms with Crippen molar-refractivity contribution in [2.24, 2.45) is 0 Å². The van der Waals surface area contributed by atoms with Gasteiger partial charge in [-0.3, -0.25) is 4.79 Å². The zero-order valence-corrected chi connectivity index (χ0v) is 14.6. The van der Waals surface area contributed by atoms with Gasteiger partial charge in [-0.15, -0.1) is 0 Å². The van der Waals surface area contributed by atoms with Crippen molar-refractivity contribution in [3.05, 3.63) is 94.6 Å². The molecule has 6 nitrogen and oxygen atoms in total. The molecule has 0 unspecified atom stereocenters. The molecule has 0 aliphatic carbocycles. The number of aromatic hydroxyl groups is 2. The van der Waals surface area contributed by atoms with Gasteiger partial charge in [-0.25, -0.2) is 4.79 Å². The summed E-state index contributed by atoms with van der Waals surface area (Å²) in [5.41, 5.74) is 0.676. The smallest absolute Gasteiger partial charge is 0.339 e. The average Bonchev–Trinajstić information content (AvgIpc) is 2.72. The number of aromatic carboxylic acids is 1. The maximum Gasteiger partial charge on any atom is 0.339 e. The molecule has 0 aliphatic heterocycles. The van der Waals surface area contributed by atoms with Gasteiger partial charge in [0.15, 0.2) is 5.76 Å². The molecule has 0 radical (unpaired) electrons. The fourth-order valence-electron chi connectivity index (χ4n) is 2.57. The van der Waals surface area contributed by atoms with Crippen molar-refractivity contribution >= 4 is 16.9 Å². The predicted molar refractivity (Wildman–Crippen MR) is 105 cm³/mol. The van der Waals surface area contributed by atoms with E-state index in [4.69, 9.17) is 14.6 Å². The van der Waals surface area contributed by atoms with E-state index in [1.54, 1.807) is 48.5 Å². The molecule has 1 heterocycles. The summed E-state index contributed by atoms with van der Waals surface area (Å²) in [6.45, 7) is 0. The fraction of sp³-hybridized carbons (Fsp3) is 0. The highest BCUT2D eigenvalue weighted by Gasteiger charge is 2.14. The van der Waals surface area contributed by atoms with Crippen molar-refractivity contribution in [1.29, 1.82) is 0 Å². The topological polar surface area (TPSA) is 108 Å². The number of carbonyl (C=O) groups is 1. The average molecular weight is 376 g/mol.